The van der Waals surface area contributed by atoms with E-state index in [9.17, 15) is 4.79 Å². The normalized spacial score (nSPS) is 17.5. The Balaban J connectivity index is 2.02. The molecule has 1 fully saturated rings. The quantitative estimate of drug-likeness (QED) is 0.779. The van der Waals surface area contributed by atoms with Crippen LogP contribution in [0.15, 0.2) is 0 Å². The van der Waals surface area contributed by atoms with E-state index in [0.29, 0.717) is 25.5 Å². The second-order valence-electron chi connectivity index (χ2n) is 3.78. The summed E-state index contributed by atoms with van der Waals surface area (Å²) in [5.74, 6) is -0.184. The van der Waals surface area contributed by atoms with Crippen LogP contribution in [0.25, 0.3) is 0 Å². The molecule has 1 aromatic heterocycles. The number of nitrogens with zero attached hydrogens (tertiary/aromatic N) is 4. The first-order valence-electron chi connectivity index (χ1n) is 5.33. The van der Waals surface area contributed by atoms with Crippen molar-refractivity contribution in [2.24, 2.45) is 0 Å². The molecule has 16 heavy (non-hydrogen) atoms. The van der Waals surface area contributed by atoms with Crippen LogP contribution >= 0.6 is 0 Å². The molecule has 1 aliphatic rings. The molecule has 1 saturated heterocycles. The summed E-state index contributed by atoms with van der Waals surface area (Å²) >= 11 is 0. The van der Waals surface area contributed by atoms with Gasteiger partial charge in [-0.25, -0.2) is 4.68 Å². The first-order chi connectivity index (χ1) is 7.77. The van der Waals surface area contributed by atoms with E-state index >= 15 is 0 Å². The van der Waals surface area contributed by atoms with Crippen LogP contribution in [-0.4, -0.2) is 44.5 Å². The van der Waals surface area contributed by atoms with Crippen molar-refractivity contribution in [3.05, 3.63) is 5.82 Å². The highest BCUT2D eigenvalue weighted by atomic mass is 16.5. The Morgan fingerprint density at radius 2 is 2.25 bits per heavy atom. The summed E-state index contributed by atoms with van der Waals surface area (Å²) < 4.78 is 7.00. The molecule has 2 heterocycles. The van der Waals surface area contributed by atoms with Gasteiger partial charge in [0.05, 0.1) is 12.5 Å². The lowest BCUT2D eigenvalue weighted by atomic mass is 10.1. The Bertz CT molecular complexity index is 359. The highest BCUT2D eigenvalue weighted by molar-refractivity contribution is 5.66. The van der Waals surface area contributed by atoms with Crippen LogP contribution in [0.2, 0.25) is 0 Å². The van der Waals surface area contributed by atoms with E-state index in [-0.39, 0.29) is 12.5 Å². The minimum Gasteiger partial charge on any atom is -0.481 e. The van der Waals surface area contributed by atoms with Crippen molar-refractivity contribution in [3.63, 3.8) is 0 Å². The molecule has 2 rings (SSSR count). The Labute approximate surface area is 92.4 Å². The molecule has 0 atom stereocenters. The Morgan fingerprint density at radius 1 is 1.50 bits per heavy atom. The highest BCUT2D eigenvalue weighted by Crippen LogP contribution is 2.20. The van der Waals surface area contributed by atoms with Gasteiger partial charge in [-0.15, -0.1) is 5.10 Å². The summed E-state index contributed by atoms with van der Waals surface area (Å²) in [5.41, 5.74) is 0. The fourth-order valence-corrected chi connectivity index (χ4v) is 1.81. The van der Waals surface area contributed by atoms with Gasteiger partial charge in [0.2, 0.25) is 0 Å². The molecule has 7 heteroatoms. The number of rotatable bonds is 4. The van der Waals surface area contributed by atoms with Gasteiger partial charge in [0.25, 0.3) is 0 Å². The maximum atomic E-state index is 10.5. The van der Waals surface area contributed by atoms with Gasteiger partial charge in [-0.2, -0.15) is 0 Å². The zero-order chi connectivity index (χ0) is 11.4. The molecule has 1 N–H and O–H groups in total. The largest absolute Gasteiger partial charge is 0.481 e. The first kappa shape index (κ1) is 11.0. The maximum Gasteiger partial charge on any atom is 0.303 e. The standard InChI is InChI=1S/C9H14N4O3/c14-9(15)2-1-8-10-11-12-13(8)7-3-5-16-6-4-7/h7H,1-6H2,(H,14,15). The Hall–Kier alpha value is -1.50. The van der Waals surface area contributed by atoms with Gasteiger partial charge in [0.1, 0.15) is 0 Å². The molecule has 0 bridgehead atoms. The molecule has 0 amide bonds. The third kappa shape index (κ3) is 2.54. The molecule has 0 spiro atoms. The highest BCUT2D eigenvalue weighted by Gasteiger charge is 2.20. The molecule has 7 nitrogen and oxygen atoms in total. The van der Waals surface area contributed by atoms with Crippen LogP contribution < -0.4 is 0 Å². The number of aliphatic carboxylic acids is 1. The van der Waals surface area contributed by atoms with Crippen LogP contribution in [0, 0.1) is 0 Å². The molecule has 0 saturated carbocycles. The molecule has 1 aromatic rings. The number of carbonyl (C=O) groups is 1. The number of aromatic nitrogens is 4. The average Bonchev–Trinajstić information content (AvgIpc) is 2.75. The van der Waals surface area contributed by atoms with Crippen molar-refractivity contribution in [1.82, 2.24) is 20.2 Å². The van der Waals surface area contributed by atoms with Crippen molar-refractivity contribution in [2.45, 2.75) is 31.7 Å². The van der Waals surface area contributed by atoms with E-state index < -0.39 is 5.97 Å². The predicted molar refractivity (Wildman–Crippen MR) is 52.9 cm³/mol. The van der Waals surface area contributed by atoms with Crippen LogP contribution in [0.4, 0.5) is 0 Å². The van der Waals surface area contributed by atoms with Crippen molar-refractivity contribution in [3.8, 4) is 0 Å². The van der Waals surface area contributed by atoms with E-state index in [1.54, 1.807) is 4.68 Å². The van der Waals surface area contributed by atoms with Gasteiger partial charge in [-0.05, 0) is 23.3 Å². The van der Waals surface area contributed by atoms with Crippen LogP contribution in [-0.2, 0) is 16.0 Å². The van der Waals surface area contributed by atoms with E-state index in [1.807, 2.05) is 0 Å². The lowest BCUT2D eigenvalue weighted by Gasteiger charge is -2.22. The molecule has 88 valence electrons. The molecule has 0 aliphatic carbocycles. The lowest BCUT2D eigenvalue weighted by molar-refractivity contribution is -0.137. The number of ether oxygens (including phenoxy) is 1. The molecular formula is C9H14N4O3. The fraction of sp³-hybridized carbons (Fsp3) is 0.778. The summed E-state index contributed by atoms with van der Waals surface area (Å²) in [6.45, 7) is 1.42. The number of carboxylic acid groups (broad SMARTS) is 1. The van der Waals surface area contributed by atoms with Crippen molar-refractivity contribution in [2.75, 3.05) is 13.2 Å². The van der Waals surface area contributed by atoms with Gasteiger partial charge in [-0.3, -0.25) is 4.79 Å². The number of tetrazole rings is 1. The van der Waals surface area contributed by atoms with Crippen molar-refractivity contribution in [1.29, 1.82) is 0 Å². The summed E-state index contributed by atoms with van der Waals surface area (Å²) in [6, 6.07) is 0.243. The lowest BCUT2D eigenvalue weighted by Crippen LogP contribution is -2.22. The number of hydrogen-bond acceptors (Lipinski definition) is 5. The topological polar surface area (TPSA) is 90.1 Å². The average molecular weight is 226 g/mol. The van der Waals surface area contributed by atoms with Crippen molar-refractivity contribution >= 4 is 5.97 Å². The Kier molecular flexibility index (Phi) is 3.45. The SMILES string of the molecule is O=C(O)CCc1nnnn1C1CCOCC1. The molecule has 0 radical (unpaired) electrons. The van der Waals surface area contributed by atoms with Gasteiger partial charge < -0.3 is 9.84 Å². The first-order valence-corrected chi connectivity index (χ1v) is 5.33. The van der Waals surface area contributed by atoms with Gasteiger partial charge in [0, 0.05) is 19.6 Å². The summed E-state index contributed by atoms with van der Waals surface area (Å²) in [5, 5.41) is 20.0. The summed E-state index contributed by atoms with van der Waals surface area (Å²) in [4.78, 5) is 10.5. The van der Waals surface area contributed by atoms with Crippen LogP contribution in [0.3, 0.4) is 0 Å². The molecule has 0 unspecified atom stereocenters. The second-order valence-corrected chi connectivity index (χ2v) is 3.78. The fourth-order valence-electron chi connectivity index (χ4n) is 1.81. The number of aryl methyl sites for hydroxylation is 1. The van der Waals surface area contributed by atoms with Gasteiger partial charge in [0.15, 0.2) is 5.82 Å². The third-order valence-electron chi connectivity index (χ3n) is 2.66. The smallest absolute Gasteiger partial charge is 0.303 e. The minimum absolute atomic E-state index is 0.0591. The third-order valence-corrected chi connectivity index (χ3v) is 2.66. The van der Waals surface area contributed by atoms with E-state index in [0.717, 1.165) is 12.8 Å². The molecular weight excluding hydrogens is 212 g/mol. The van der Waals surface area contributed by atoms with Crippen LogP contribution in [0.1, 0.15) is 31.1 Å². The predicted octanol–water partition coefficient (Wildman–Crippen LogP) is 0.0418. The van der Waals surface area contributed by atoms with E-state index in [1.165, 1.54) is 0 Å². The zero-order valence-electron chi connectivity index (χ0n) is 8.87. The minimum atomic E-state index is -0.832. The second kappa shape index (κ2) is 5.02. The van der Waals surface area contributed by atoms with E-state index in [2.05, 4.69) is 15.5 Å². The summed E-state index contributed by atoms with van der Waals surface area (Å²) in [7, 11) is 0. The number of carboxylic acids is 1. The monoisotopic (exact) mass is 226 g/mol. The van der Waals surface area contributed by atoms with Gasteiger partial charge in [-0.1, -0.05) is 0 Å². The molecule has 0 aromatic carbocycles. The van der Waals surface area contributed by atoms with Crippen LogP contribution in [0.5, 0.6) is 0 Å². The van der Waals surface area contributed by atoms with Gasteiger partial charge >= 0.3 is 5.97 Å². The zero-order valence-corrected chi connectivity index (χ0v) is 8.87. The summed E-state index contributed by atoms with van der Waals surface area (Å²) in [6.07, 6.45) is 2.19. The number of hydrogen-bond donors (Lipinski definition) is 1. The Morgan fingerprint density at radius 3 is 2.94 bits per heavy atom. The maximum absolute atomic E-state index is 10.5. The van der Waals surface area contributed by atoms with E-state index in [4.69, 9.17) is 9.84 Å². The van der Waals surface area contributed by atoms with Crippen molar-refractivity contribution < 1.29 is 14.6 Å². The molecule has 1 aliphatic heterocycles.